The third-order valence-corrected chi connectivity index (χ3v) is 4.07. The van der Waals surface area contributed by atoms with Crippen LogP contribution in [0.4, 0.5) is 0 Å². The molecule has 0 fully saturated rings. The zero-order chi connectivity index (χ0) is 13.8. The second-order valence-corrected chi connectivity index (χ2v) is 5.46. The molecule has 0 aliphatic carbocycles. The molecule has 0 amide bonds. The topological polar surface area (TPSA) is 74.6 Å². The average molecular weight is 266 g/mol. The Hall–Kier alpha value is -2.01. The molecule has 18 heavy (non-hydrogen) atoms. The van der Waals surface area contributed by atoms with Crippen LogP contribution in [0.2, 0.25) is 0 Å². The van der Waals surface area contributed by atoms with E-state index in [0.29, 0.717) is 0 Å². The molecule has 1 aromatic carbocycles. The van der Waals surface area contributed by atoms with Crippen molar-refractivity contribution < 1.29 is 18.6 Å². The van der Waals surface area contributed by atoms with Crippen LogP contribution in [0.3, 0.4) is 0 Å². The Morgan fingerprint density at radius 1 is 1.22 bits per heavy atom. The fourth-order valence-corrected chi connectivity index (χ4v) is 2.60. The van der Waals surface area contributed by atoms with Crippen LogP contribution in [0, 0.1) is 0 Å². The molecule has 0 atom stereocenters. The largest absolute Gasteiger partial charge is 0.509 e. The molecule has 0 saturated heterocycles. The molecule has 96 valence electrons. The number of aromatic hydroxyl groups is 1. The summed E-state index contributed by atoms with van der Waals surface area (Å²) in [6, 6.07) is 5.23. The van der Waals surface area contributed by atoms with Gasteiger partial charge in [0.2, 0.25) is 9.84 Å². The van der Waals surface area contributed by atoms with Gasteiger partial charge in [-0.15, -0.1) is 0 Å². The van der Waals surface area contributed by atoms with Gasteiger partial charge in [0.15, 0.2) is 0 Å². The number of sulfone groups is 1. The maximum absolute atomic E-state index is 12.2. The van der Waals surface area contributed by atoms with E-state index in [0.717, 1.165) is 0 Å². The fourth-order valence-electron chi connectivity index (χ4n) is 1.28. The van der Waals surface area contributed by atoms with E-state index in [1.54, 1.807) is 6.92 Å². The van der Waals surface area contributed by atoms with E-state index < -0.39 is 9.84 Å². The normalized spacial score (nSPS) is 12.8. The van der Waals surface area contributed by atoms with Crippen LogP contribution in [0.25, 0.3) is 0 Å². The quantitative estimate of drug-likeness (QED) is 0.649. The fraction of sp³-hybridized carbons (Fsp3) is 0.0769. The van der Waals surface area contributed by atoms with E-state index in [1.807, 2.05) is 0 Å². The van der Waals surface area contributed by atoms with Crippen molar-refractivity contribution in [2.45, 2.75) is 11.8 Å². The highest BCUT2D eigenvalue weighted by Crippen LogP contribution is 2.22. The molecule has 0 aliphatic rings. The first-order chi connectivity index (χ1) is 8.37. The summed E-state index contributed by atoms with van der Waals surface area (Å²) in [5, 5.41) is 18.1. The van der Waals surface area contributed by atoms with Gasteiger partial charge in [0.05, 0.1) is 9.80 Å². The smallest absolute Gasteiger partial charge is 0.206 e. The Balaban J connectivity index is 3.20. The summed E-state index contributed by atoms with van der Waals surface area (Å²) in [5.41, 5.74) is 0. The van der Waals surface area contributed by atoms with Crippen LogP contribution in [0.5, 0.6) is 5.75 Å². The van der Waals surface area contributed by atoms with Gasteiger partial charge in [0, 0.05) is 0 Å². The van der Waals surface area contributed by atoms with Crippen molar-refractivity contribution in [3.63, 3.8) is 0 Å². The second kappa shape index (κ2) is 5.55. The average Bonchev–Trinajstić information content (AvgIpc) is 2.29. The summed E-state index contributed by atoms with van der Waals surface area (Å²) in [5.74, 6) is -0.231. The van der Waals surface area contributed by atoms with Crippen LogP contribution >= 0.6 is 0 Å². The third kappa shape index (κ3) is 3.24. The number of aliphatic hydroxyl groups excluding tert-OH is 1. The Kier molecular flexibility index (Phi) is 4.33. The Morgan fingerprint density at radius 3 is 2.22 bits per heavy atom. The van der Waals surface area contributed by atoms with Gasteiger partial charge >= 0.3 is 0 Å². The van der Waals surface area contributed by atoms with Crippen LogP contribution in [-0.2, 0) is 9.84 Å². The van der Waals surface area contributed by atoms with Crippen molar-refractivity contribution in [3.05, 3.63) is 59.7 Å². The summed E-state index contributed by atoms with van der Waals surface area (Å²) in [6.07, 6.45) is 3.89. The molecule has 0 bridgehead atoms. The zero-order valence-electron chi connectivity index (χ0n) is 9.87. The first kappa shape index (κ1) is 14.1. The summed E-state index contributed by atoms with van der Waals surface area (Å²) < 4.78 is 24.3. The summed E-state index contributed by atoms with van der Waals surface area (Å²) in [7, 11) is -3.65. The third-order valence-electron chi connectivity index (χ3n) is 2.18. The molecular formula is C13H14O4S. The molecule has 5 heteroatoms. The minimum atomic E-state index is -3.65. The SMILES string of the molecule is C=C(O)/C=C\C(=C/C)S(=O)(=O)c1ccc(O)cc1. The van der Waals surface area contributed by atoms with Crippen molar-refractivity contribution in [2.75, 3.05) is 0 Å². The summed E-state index contributed by atoms with van der Waals surface area (Å²) in [6.45, 7) is 4.82. The van der Waals surface area contributed by atoms with Crippen molar-refractivity contribution in [1.29, 1.82) is 0 Å². The van der Waals surface area contributed by atoms with Crippen LogP contribution in [-0.4, -0.2) is 18.6 Å². The number of phenolic OH excluding ortho intramolecular Hbond substituents is 1. The number of hydrogen-bond acceptors (Lipinski definition) is 4. The molecule has 0 heterocycles. The Labute approximate surface area is 106 Å². The van der Waals surface area contributed by atoms with E-state index in [9.17, 15) is 8.42 Å². The molecule has 1 rings (SSSR count). The van der Waals surface area contributed by atoms with Crippen molar-refractivity contribution in [2.24, 2.45) is 0 Å². The van der Waals surface area contributed by atoms with Gasteiger partial charge in [-0.1, -0.05) is 12.7 Å². The highest BCUT2D eigenvalue weighted by molar-refractivity contribution is 7.95. The van der Waals surface area contributed by atoms with Gasteiger partial charge in [-0.2, -0.15) is 0 Å². The zero-order valence-corrected chi connectivity index (χ0v) is 10.7. The van der Waals surface area contributed by atoms with E-state index in [4.69, 9.17) is 10.2 Å². The number of phenols is 1. The van der Waals surface area contributed by atoms with Gasteiger partial charge in [-0.25, -0.2) is 8.42 Å². The molecule has 4 nitrogen and oxygen atoms in total. The number of hydrogen-bond donors (Lipinski definition) is 2. The molecular weight excluding hydrogens is 252 g/mol. The number of rotatable bonds is 4. The van der Waals surface area contributed by atoms with E-state index in [-0.39, 0.29) is 21.3 Å². The highest BCUT2D eigenvalue weighted by atomic mass is 32.2. The molecule has 2 N–H and O–H groups in total. The van der Waals surface area contributed by atoms with Gasteiger partial charge in [0.1, 0.15) is 11.5 Å². The lowest BCUT2D eigenvalue weighted by molar-refractivity contribution is 0.435. The van der Waals surface area contributed by atoms with Crippen LogP contribution < -0.4 is 0 Å². The van der Waals surface area contributed by atoms with Crippen molar-refractivity contribution in [3.8, 4) is 5.75 Å². The van der Waals surface area contributed by atoms with Crippen LogP contribution in [0.1, 0.15) is 6.92 Å². The first-order valence-electron chi connectivity index (χ1n) is 5.14. The van der Waals surface area contributed by atoms with Gasteiger partial charge in [-0.05, 0) is 43.3 Å². The molecule has 0 spiro atoms. The highest BCUT2D eigenvalue weighted by Gasteiger charge is 2.17. The predicted octanol–water partition coefficient (Wildman–Crippen LogP) is 2.70. The summed E-state index contributed by atoms with van der Waals surface area (Å²) in [4.78, 5) is 0.116. The van der Waals surface area contributed by atoms with Gasteiger partial charge in [0.25, 0.3) is 0 Å². The Bertz CT molecular complexity index is 592. The van der Waals surface area contributed by atoms with E-state index in [1.165, 1.54) is 42.5 Å². The number of aliphatic hydroxyl groups is 1. The van der Waals surface area contributed by atoms with Crippen LogP contribution in [0.15, 0.2) is 64.6 Å². The predicted molar refractivity (Wildman–Crippen MR) is 70.0 cm³/mol. The lowest BCUT2D eigenvalue weighted by Gasteiger charge is -2.05. The van der Waals surface area contributed by atoms with Crippen molar-refractivity contribution in [1.82, 2.24) is 0 Å². The minimum absolute atomic E-state index is 0.00439. The number of benzene rings is 1. The van der Waals surface area contributed by atoms with Crippen molar-refractivity contribution >= 4 is 9.84 Å². The second-order valence-electron chi connectivity index (χ2n) is 3.51. The first-order valence-corrected chi connectivity index (χ1v) is 6.62. The summed E-state index contributed by atoms with van der Waals surface area (Å²) >= 11 is 0. The lowest BCUT2D eigenvalue weighted by Crippen LogP contribution is -2.02. The standard InChI is InChI=1S/C13H14O4S/c1-3-12(7-4-10(2)14)18(16,17)13-8-5-11(15)6-9-13/h3-9,14-15H,2H2,1H3/b7-4-,12-3+. The molecule has 0 radical (unpaired) electrons. The molecule has 0 unspecified atom stereocenters. The van der Waals surface area contributed by atoms with Gasteiger partial charge in [-0.3, -0.25) is 0 Å². The Morgan fingerprint density at radius 2 is 1.78 bits per heavy atom. The van der Waals surface area contributed by atoms with E-state index >= 15 is 0 Å². The molecule has 0 aliphatic heterocycles. The number of allylic oxidation sites excluding steroid dienone is 3. The maximum Gasteiger partial charge on any atom is 0.206 e. The molecule has 1 aromatic rings. The van der Waals surface area contributed by atoms with E-state index in [2.05, 4.69) is 6.58 Å². The minimum Gasteiger partial charge on any atom is -0.509 e. The molecule has 0 aromatic heterocycles. The molecule has 0 saturated carbocycles. The van der Waals surface area contributed by atoms with Gasteiger partial charge < -0.3 is 10.2 Å². The monoisotopic (exact) mass is 266 g/mol. The maximum atomic E-state index is 12.2. The lowest BCUT2D eigenvalue weighted by atomic mass is 10.3.